The van der Waals surface area contributed by atoms with E-state index in [4.69, 9.17) is 4.74 Å². The zero-order valence-electron chi connectivity index (χ0n) is 12.9. The monoisotopic (exact) mass is 256 g/mol. The van der Waals surface area contributed by atoms with E-state index < -0.39 is 5.60 Å². The minimum atomic E-state index is -0.486. The highest BCUT2D eigenvalue weighted by Crippen LogP contribution is 2.22. The lowest BCUT2D eigenvalue weighted by atomic mass is 9.86. The molecule has 0 aliphatic rings. The molecule has 106 valence electrons. The smallest absolute Gasteiger partial charge is 0.307 e. The van der Waals surface area contributed by atoms with E-state index in [1.807, 2.05) is 34.6 Å². The van der Waals surface area contributed by atoms with E-state index in [1.165, 1.54) is 0 Å². The fourth-order valence-electron chi connectivity index (χ4n) is 1.92. The lowest BCUT2D eigenvalue weighted by Crippen LogP contribution is -2.29. The maximum absolute atomic E-state index is 12.1. The van der Waals surface area contributed by atoms with Crippen LogP contribution in [0.25, 0.3) is 0 Å². The Labute approximate surface area is 111 Å². The summed E-state index contributed by atoms with van der Waals surface area (Å²) < 4.78 is 5.29. The van der Waals surface area contributed by atoms with Crippen LogP contribution in [0.2, 0.25) is 0 Å². The van der Waals surface area contributed by atoms with Crippen molar-refractivity contribution in [3.63, 3.8) is 0 Å². The molecule has 0 amide bonds. The normalized spacial score (nSPS) is 13.8. The van der Waals surface area contributed by atoms with Crippen molar-refractivity contribution in [2.45, 2.75) is 66.9 Å². The summed E-state index contributed by atoms with van der Waals surface area (Å²) in [6, 6.07) is 0. The second kappa shape index (κ2) is 6.91. The van der Waals surface area contributed by atoms with Gasteiger partial charge in [-0.1, -0.05) is 27.7 Å². The van der Waals surface area contributed by atoms with E-state index in [2.05, 4.69) is 13.8 Å². The van der Waals surface area contributed by atoms with E-state index in [9.17, 15) is 9.59 Å². The minimum absolute atomic E-state index is 0.0313. The van der Waals surface area contributed by atoms with Gasteiger partial charge >= 0.3 is 5.97 Å². The van der Waals surface area contributed by atoms with Crippen molar-refractivity contribution < 1.29 is 14.3 Å². The Hall–Kier alpha value is -0.860. The van der Waals surface area contributed by atoms with Crippen molar-refractivity contribution in [2.24, 2.45) is 17.8 Å². The van der Waals surface area contributed by atoms with Crippen molar-refractivity contribution in [1.82, 2.24) is 0 Å². The molecule has 0 aliphatic heterocycles. The summed E-state index contributed by atoms with van der Waals surface area (Å²) in [6.45, 7) is 13.4. The topological polar surface area (TPSA) is 43.4 Å². The summed E-state index contributed by atoms with van der Waals surface area (Å²) in [7, 11) is 0. The number of ether oxygens (including phenoxy) is 1. The van der Waals surface area contributed by atoms with E-state index in [0.29, 0.717) is 5.92 Å². The van der Waals surface area contributed by atoms with Crippen LogP contribution in [-0.4, -0.2) is 17.4 Å². The number of hydrogen-bond donors (Lipinski definition) is 0. The van der Waals surface area contributed by atoms with Gasteiger partial charge in [0.1, 0.15) is 11.4 Å². The second-order valence-electron chi connectivity index (χ2n) is 6.67. The van der Waals surface area contributed by atoms with Gasteiger partial charge in [0.2, 0.25) is 0 Å². The van der Waals surface area contributed by atoms with Gasteiger partial charge < -0.3 is 4.74 Å². The molecule has 0 aromatic heterocycles. The molecule has 0 bridgehead atoms. The largest absolute Gasteiger partial charge is 0.460 e. The van der Waals surface area contributed by atoms with Crippen LogP contribution in [0.15, 0.2) is 0 Å². The fraction of sp³-hybridized carbons (Fsp3) is 0.867. The van der Waals surface area contributed by atoms with Crippen LogP contribution in [0.4, 0.5) is 0 Å². The molecule has 0 radical (unpaired) electrons. The molecule has 0 aromatic rings. The Morgan fingerprint density at radius 1 is 1.06 bits per heavy atom. The number of Topliss-reactive ketones (excluding diaryl/α,β-unsaturated/α-hetero) is 1. The molecular weight excluding hydrogens is 228 g/mol. The number of hydrogen-bond acceptors (Lipinski definition) is 3. The number of ketones is 1. The third-order valence-corrected chi connectivity index (χ3v) is 2.56. The van der Waals surface area contributed by atoms with Gasteiger partial charge in [-0.25, -0.2) is 0 Å². The van der Waals surface area contributed by atoms with E-state index in [-0.39, 0.29) is 30.0 Å². The third-order valence-electron chi connectivity index (χ3n) is 2.56. The van der Waals surface area contributed by atoms with E-state index >= 15 is 0 Å². The Morgan fingerprint density at radius 2 is 1.56 bits per heavy atom. The molecule has 1 atom stereocenters. The molecule has 18 heavy (non-hydrogen) atoms. The van der Waals surface area contributed by atoms with Crippen LogP contribution < -0.4 is 0 Å². The molecule has 0 heterocycles. The minimum Gasteiger partial charge on any atom is -0.460 e. The zero-order valence-corrected chi connectivity index (χ0v) is 12.9. The molecule has 0 rings (SSSR count). The van der Waals surface area contributed by atoms with Gasteiger partial charge in [-0.2, -0.15) is 0 Å². The summed E-state index contributed by atoms with van der Waals surface area (Å²) in [6.07, 6.45) is 0.947. The van der Waals surface area contributed by atoms with Crippen molar-refractivity contribution in [1.29, 1.82) is 0 Å². The average Bonchev–Trinajstić information content (AvgIpc) is 2.11. The third kappa shape index (κ3) is 7.46. The Morgan fingerprint density at radius 3 is 1.89 bits per heavy atom. The lowest BCUT2D eigenvalue weighted by molar-refractivity contribution is -0.157. The molecule has 0 aliphatic carbocycles. The number of carbonyl (C=O) groups excluding carboxylic acids is 2. The first kappa shape index (κ1) is 17.1. The van der Waals surface area contributed by atoms with Crippen molar-refractivity contribution in [3.8, 4) is 0 Å². The van der Waals surface area contributed by atoms with Gasteiger partial charge in [-0.05, 0) is 33.1 Å². The predicted octanol–water partition coefficient (Wildman–Crippen LogP) is 3.61. The maximum atomic E-state index is 12.1. The molecule has 0 spiro atoms. The average molecular weight is 256 g/mol. The first-order valence-electron chi connectivity index (χ1n) is 6.78. The van der Waals surface area contributed by atoms with Gasteiger partial charge in [0.15, 0.2) is 0 Å². The molecule has 3 nitrogen and oxygen atoms in total. The van der Waals surface area contributed by atoms with Gasteiger partial charge in [0, 0.05) is 11.8 Å². The predicted molar refractivity (Wildman–Crippen MR) is 73.3 cm³/mol. The summed E-state index contributed by atoms with van der Waals surface area (Å²) in [5.41, 5.74) is -0.486. The summed E-state index contributed by atoms with van der Waals surface area (Å²) in [5, 5.41) is 0. The molecule has 0 unspecified atom stereocenters. The standard InChI is InChI=1S/C15H28O3/c1-10(2)8-12(14(17)11(3)4)9-13(16)18-15(5,6)7/h10-12H,8-9H2,1-7H3/t12-/m0/s1. The van der Waals surface area contributed by atoms with Crippen LogP contribution in [0, 0.1) is 17.8 Å². The van der Waals surface area contributed by atoms with Crippen LogP contribution in [0.3, 0.4) is 0 Å². The molecular formula is C15H28O3. The number of esters is 1. The highest BCUT2D eigenvalue weighted by molar-refractivity contribution is 5.86. The van der Waals surface area contributed by atoms with Gasteiger partial charge in [0.25, 0.3) is 0 Å². The second-order valence-corrected chi connectivity index (χ2v) is 6.67. The molecule has 0 saturated heterocycles. The highest BCUT2D eigenvalue weighted by Gasteiger charge is 2.27. The van der Waals surface area contributed by atoms with E-state index in [1.54, 1.807) is 0 Å². The summed E-state index contributed by atoms with van der Waals surface area (Å²) in [4.78, 5) is 23.9. The summed E-state index contributed by atoms with van der Waals surface area (Å²) >= 11 is 0. The Balaban J connectivity index is 4.60. The SMILES string of the molecule is CC(C)C[C@@H](CC(=O)OC(C)(C)C)C(=O)C(C)C. The first-order valence-corrected chi connectivity index (χ1v) is 6.78. The van der Waals surface area contributed by atoms with Crippen molar-refractivity contribution in [2.75, 3.05) is 0 Å². The van der Waals surface area contributed by atoms with Crippen LogP contribution in [0.1, 0.15) is 61.3 Å². The van der Waals surface area contributed by atoms with Crippen LogP contribution in [0.5, 0.6) is 0 Å². The van der Waals surface area contributed by atoms with Gasteiger partial charge in [-0.15, -0.1) is 0 Å². The number of rotatable bonds is 6. The van der Waals surface area contributed by atoms with Crippen molar-refractivity contribution >= 4 is 11.8 Å². The maximum Gasteiger partial charge on any atom is 0.307 e. The molecule has 0 aromatic carbocycles. The van der Waals surface area contributed by atoms with E-state index in [0.717, 1.165) is 6.42 Å². The van der Waals surface area contributed by atoms with Crippen LogP contribution in [-0.2, 0) is 14.3 Å². The number of carbonyl (C=O) groups is 2. The van der Waals surface area contributed by atoms with Crippen molar-refractivity contribution in [3.05, 3.63) is 0 Å². The Kier molecular flexibility index (Phi) is 6.58. The Bertz CT molecular complexity index is 285. The summed E-state index contributed by atoms with van der Waals surface area (Å²) in [5.74, 6) is 0.0490. The molecule has 3 heteroatoms. The van der Waals surface area contributed by atoms with Gasteiger partial charge in [0.05, 0.1) is 6.42 Å². The highest BCUT2D eigenvalue weighted by atomic mass is 16.6. The molecule has 0 saturated carbocycles. The quantitative estimate of drug-likeness (QED) is 0.682. The lowest BCUT2D eigenvalue weighted by Gasteiger charge is -2.23. The van der Waals surface area contributed by atoms with Gasteiger partial charge in [-0.3, -0.25) is 9.59 Å². The molecule has 0 fully saturated rings. The first-order chi connectivity index (χ1) is 8.03. The molecule has 0 N–H and O–H groups in total. The van der Waals surface area contributed by atoms with Crippen LogP contribution >= 0.6 is 0 Å². The zero-order chi connectivity index (χ0) is 14.5. The fourth-order valence-corrected chi connectivity index (χ4v) is 1.92.